The molecule has 1 heteroatoms. The van der Waals surface area contributed by atoms with Crippen LogP contribution in [0.1, 0.15) is 25.0 Å². The van der Waals surface area contributed by atoms with Crippen LogP contribution in [0.15, 0.2) is 212 Å². The van der Waals surface area contributed by atoms with E-state index in [1.165, 1.54) is 77.5 Å². The maximum Gasteiger partial charge on any atom is 0.0465 e. The van der Waals surface area contributed by atoms with Crippen molar-refractivity contribution in [2.75, 3.05) is 4.90 Å². The van der Waals surface area contributed by atoms with E-state index >= 15 is 0 Å². The summed E-state index contributed by atoms with van der Waals surface area (Å²) in [6.07, 6.45) is 0. The zero-order chi connectivity index (χ0) is 37.6. The van der Waals surface area contributed by atoms with Crippen LogP contribution in [-0.2, 0) is 5.41 Å². The second-order valence-corrected chi connectivity index (χ2v) is 15.4. The van der Waals surface area contributed by atoms with Gasteiger partial charge in [0, 0.05) is 22.5 Å². The number of benzene rings is 9. The van der Waals surface area contributed by atoms with Gasteiger partial charge in [-0.2, -0.15) is 0 Å². The van der Waals surface area contributed by atoms with Gasteiger partial charge in [0.25, 0.3) is 0 Å². The molecule has 0 bridgehead atoms. The molecule has 0 radical (unpaired) electrons. The number of nitrogens with zero attached hydrogens (tertiary/aromatic N) is 1. The predicted octanol–water partition coefficient (Wildman–Crippen LogP) is 15.3. The second-order valence-electron chi connectivity index (χ2n) is 15.4. The molecule has 10 rings (SSSR count). The second kappa shape index (κ2) is 13.7. The Kier molecular flexibility index (Phi) is 8.23. The van der Waals surface area contributed by atoms with Gasteiger partial charge in [-0.15, -0.1) is 0 Å². The average Bonchev–Trinajstić information content (AvgIpc) is 3.49. The van der Waals surface area contributed by atoms with Crippen molar-refractivity contribution in [3.63, 3.8) is 0 Å². The standard InChI is InChI=1S/C55H41N/c1-55(2)53-36-45(50-19-11-17-44-16-9-10-18-49(44)50)28-34-51(53)52-35-33-48(37-54(52)55)56(46-29-24-42(25-30-46)39-14-7-4-8-15-39)47-31-26-43(27-32-47)41-22-20-40(21-23-41)38-12-5-3-6-13-38/h3-37H,1-2H3. The Hall–Kier alpha value is -6.96. The molecule has 0 unspecified atom stereocenters. The average molecular weight is 716 g/mol. The normalized spacial score (nSPS) is 12.6. The molecule has 0 spiro atoms. The number of hydrogen-bond acceptors (Lipinski definition) is 1. The highest BCUT2D eigenvalue weighted by atomic mass is 15.1. The van der Waals surface area contributed by atoms with Gasteiger partial charge in [-0.1, -0.05) is 184 Å². The van der Waals surface area contributed by atoms with Crippen LogP contribution >= 0.6 is 0 Å². The molecule has 9 aromatic carbocycles. The van der Waals surface area contributed by atoms with Crippen LogP contribution in [0.2, 0.25) is 0 Å². The van der Waals surface area contributed by atoms with Gasteiger partial charge >= 0.3 is 0 Å². The van der Waals surface area contributed by atoms with E-state index in [-0.39, 0.29) is 5.41 Å². The van der Waals surface area contributed by atoms with Gasteiger partial charge in [-0.25, -0.2) is 0 Å². The Morgan fingerprint density at radius 3 is 1.29 bits per heavy atom. The molecule has 0 amide bonds. The van der Waals surface area contributed by atoms with Crippen molar-refractivity contribution in [3.05, 3.63) is 223 Å². The van der Waals surface area contributed by atoms with Crippen molar-refractivity contribution in [3.8, 4) is 55.6 Å². The molecule has 0 aliphatic heterocycles. The fourth-order valence-electron chi connectivity index (χ4n) is 8.68. The summed E-state index contributed by atoms with van der Waals surface area (Å²) in [5.74, 6) is 0. The molecule has 1 nitrogen and oxygen atoms in total. The first-order chi connectivity index (χ1) is 27.5. The highest BCUT2D eigenvalue weighted by Gasteiger charge is 2.36. The van der Waals surface area contributed by atoms with E-state index in [4.69, 9.17) is 0 Å². The first-order valence-electron chi connectivity index (χ1n) is 19.5. The van der Waals surface area contributed by atoms with Crippen LogP contribution in [0, 0.1) is 0 Å². The molecule has 0 heterocycles. The first-order valence-corrected chi connectivity index (χ1v) is 19.5. The number of rotatable bonds is 7. The SMILES string of the molecule is CC1(C)c2cc(-c3cccc4ccccc34)ccc2-c2ccc(N(c3ccc(-c4ccccc4)cc3)c3ccc(-c4ccc(-c5ccccc5)cc4)cc3)cc21. The Labute approximate surface area is 329 Å². The van der Waals surface area contributed by atoms with E-state index < -0.39 is 0 Å². The maximum atomic E-state index is 2.43. The molecule has 0 N–H and O–H groups in total. The lowest BCUT2D eigenvalue weighted by atomic mass is 9.81. The smallest absolute Gasteiger partial charge is 0.0465 e. The highest BCUT2D eigenvalue weighted by Crippen LogP contribution is 2.52. The Morgan fingerprint density at radius 1 is 0.304 bits per heavy atom. The van der Waals surface area contributed by atoms with E-state index in [1.54, 1.807) is 0 Å². The van der Waals surface area contributed by atoms with E-state index in [9.17, 15) is 0 Å². The molecule has 0 atom stereocenters. The van der Waals surface area contributed by atoms with Crippen LogP contribution in [0.3, 0.4) is 0 Å². The van der Waals surface area contributed by atoms with Gasteiger partial charge in [0.05, 0.1) is 0 Å². The molecule has 0 aromatic heterocycles. The van der Waals surface area contributed by atoms with E-state index in [1.807, 2.05) is 0 Å². The van der Waals surface area contributed by atoms with Crippen molar-refractivity contribution in [1.29, 1.82) is 0 Å². The first kappa shape index (κ1) is 33.6. The fraction of sp³-hybridized carbons (Fsp3) is 0.0545. The lowest BCUT2D eigenvalue weighted by molar-refractivity contribution is 0.660. The lowest BCUT2D eigenvalue weighted by Gasteiger charge is -2.28. The van der Waals surface area contributed by atoms with Crippen LogP contribution in [-0.4, -0.2) is 0 Å². The molecule has 0 saturated carbocycles. The molecule has 56 heavy (non-hydrogen) atoms. The quantitative estimate of drug-likeness (QED) is 0.159. The van der Waals surface area contributed by atoms with Gasteiger partial charge in [-0.05, 0) is 120 Å². The molecule has 1 aliphatic carbocycles. The summed E-state index contributed by atoms with van der Waals surface area (Å²) in [5.41, 5.74) is 18.4. The van der Waals surface area contributed by atoms with E-state index in [0.29, 0.717) is 0 Å². The third kappa shape index (κ3) is 5.90. The van der Waals surface area contributed by atoms with Gasteiger partial charge in [0.15, 0.2) is 0 Å². The third-order valence-electron chi connectivity index (χ3n) is 11.7. The molecule has 0 saturated heterocycles. The topological polar surface area (TPSA) is 3.24 Å². The summed E-state index contributed by atoms with van der Waals surface area (Å²) in [5, 5.41) is 2.55. The van der Waals surface area contributed by atoms with Crippen LogP contribution in [0.25, 0.3) is 66.4 Å². The van der Waals surface area contributed by atoms with Crippen molar-refractivity contribution in [1.82, 2.24) is 0 Å². The summed E-state index contributed by atoms with van der Waals surface area (Å²) in [6.45, 7) is 4.76. The Morgan fingerprint density at radius 2 is 0.714 bits per heavy atom. The van der Waals surface area contributed by atoms with Crippen molar-refractivity contribution in [2.45, 2.75) is 19.3 Å². The van der Waals surface area contributed by atoms with Crippen LogP contribution < -0.4 is 4.90 Å². The summed E-state index contributed by atoms with van der Waals surface area (Å²) in [4.78, 5) is 2.40. The van der Waals surface area contributed by atoms with Crippen molar-refractivity contribution in [2.24, 2.45) is 0 Å². The minimum Gasteiger partial charge on any atom is -0.310 e. The maximum absolute atomic E-state index is 2.43. The number of fused-ring (bicyclic) bond motifs is 4. The summed E-state index contributed by atoms with van der Waals surface area (Å²) in [7, 11) is 0. The molecule has 1 aliphatic rings. The highest BCUT2D eigenvalue weighted by molar-refractivity contribution is 5.98. The van der Waals surface area contributed by atoms with Gasteiger partial charge < -0.3 is 4.90 Å². The predicted molar refractivity (Wildman–Crippen MR) is 238 cm³/mol. The number of anilines is 3. The zero-order valence-electron chi connectivity index (χ0n) is 31.7. The zero-order valence-corrected chi connectivity index (χ0v) is 31.7. The van der Waals surface area contributed by atoms with Gasteiger partial charge in [0.2, 0.25) is 0 Å². The Bertz CT molecular complexity index is 2830. The largest absolute Gasteiger partial charge is 0.310 e. The number of hydrogen-bond donors (Lipinski definition) is 0. The Balaban J connectivity index is 1.03. The summed E-state index contributed by atoms with van der Waals surface area (Å²) < 4.78 is 0. The lowest BCUT2D eigenvalue weighted by Crippen LogP contribution is -2.16. The minimum atomic E-state index is -0.181. The van der Waals surface area contributed by atoms with Gasteiger partial charge in [-0.3, -0.25) is 0 Å². The summed E-state index contributed by atoms with van der Waals surface area (Å²) >= 11 is 0. The fourth-order valence-corrected chi connectivity index (χ4v) is 8.68. The van der Waals surface area contributed by atoms with Crippen molar-refractivity contribution >= 4 is 27.8 Å². The molecule has 9 aromatic rings. The monoisotopic (exact) mass is 715 g/mol. The molecular formula is C55H41N. The molecule has 266 valence electrons. The van der Waals surface area contributed by atoms with Gasteiger partial charge in [0.1, 0.15) is 0 Å². The van der Waals surface area contributed by atoms with E-state index in [2.05, 4.69) is 231 Å². The minimum absolute atomic E-state index is 0.181. The molecule has 0 fully saturated rings. The van der Waals surface area contributed by atoms with E-state index in [0.717, 1.165) is 17.1 Å². The third-order valence-corrected chi connectivity index (χ3v) is 11.7. The summed E-state index contributed by atoms with van der Waals surface area (Å²) in [6, 6.07) is 77.5. The van der Waals surface area contributed by atoms with Crippen LogP contribution in [0.5, 0.6) is 0 Å². The molecular weight excluding hydrogens is 675 g/mol. The van der Waals surface area contributed by atoms with Crippen LogP contribution in [0.4, 0.5) is 17.1 Å². The van der Waals surface area contributed by atoms with Crippen molar-refractivity contribution < 1.29 is 0 Å².